The fraction of sp³-hybridized carbons (Fsp3) is 0.464. The Morgan fingerprint density at radius 1 is 1.08 bits per heavy atom. The average molecular weight is 487 g/mol. The Balaban J connectivity index is 1.28. The summed E-state index contributed by atoms with van der Waals surface area (Å²) in [7, 11) is 0. The van der Waals surface area contributed by atoms with Gasteiger partial charge < -0.3 is 15.2 Å². The molecule has 0 aliphatic heterocycles. The number of aliphatic hydroxyl groups is 1. The topological polar surface area (TPSA) is 89.5 Å². The molecule has 2 fully saturated rings. The van der Waals surface area contributed by atoms with Crippen molar-refractivity contribution < 1.29 is 9.84 Å². The minimum atomic E-state index is -0.190. The maximum absolute atomic E-state index is 10.1. The third-order valence-corrected chi connectivity index (χ3v) is 7.64. The summed E-state index contributed by atoms with van der Waals surface area (Å²) in [6, 6.07) is 12.6. The normalized spacial score (nSPS) is 21.3. The molecular weight excluding hydrogens is 452 g/mol. The van der Waals surface area contributed by atoms with E-state index in [-0.39, 0.29) is 12.1 Å². The first-order valence-corrected chi connectivity index (χ1v) is 13.2. The minimum Gasteiger partial charge on any atom is -0.491 e. The van der Waals surface area contributed by atoms with E-state index in [4.69, 9.17) is 9.84 Å². The molecule has 8 heteroatoms. The van der Waals surface area contributed by atoms with Crippen LogP contribution in [0.3, 0.4) is 0 Å². The maximum Gasteiger partial charge on any atom is 0.241 e. The van der Waals surface area contributed by atoms with Gasteiger partial charge in [0.15, 0.2) is 0 Å². The van der Waals surface area contributed by atoms with Gasteiger partial charge in [-0.3, -0.25) is 4.68 Å². The molecule has 0 spiro atoms. The Kier molecular flexibility index (Phi) is 6.35. The van der Waals surface area contributed by atoms with E-state index in [9.17, 15) is 5.11 Å². The molecule has 4 aromatic rings. The second-order valence-corrected chi connectivity index (χ2v) is 10.3. The number of nitrogens with one attached hydrogen (secondary N) is 1. The zero-order chi connectivity index (χ0) is 24.5. The van der Waals surface area contributed by atoms with Crippen molar-refractivity contribution in [3.05, 3.63) is 60.7 Å². The number of hydrogen-bond acceptors (Lipinski definition) is 6. The molecule has 2 N–H and O–H groups in total. The number of fused-ring (bicyclic) bond motifs is 1. The first kappa shape index (κ1) is 23.0. The molecule has 188 valence electrons. The number of anilines is 1. The van der Waals surface area contributed by atoms with E-state index in [0.717, 1.165) is 48.1 Å². The Morgan fingerprint density at radius 2 is 1.89 bits per heavy atom. The zero-order valence-corrected chi connectivity index (χ0v) is 20.8. The summed E-state index contributed by atoms with van der Waals surface area (Å²) < 4.78 is 10.1. The van der Waals surface area contributed by atoms with Crippen molar-refractivity contribution >= 4 is 11.5 Å². The van der Waals surface area contributed by atoms with Gasteiger partial charge in [-0.05, 0) is 70.1 Å². The van der Waals surface area contributed by atoms with E-state index in [2.05, 4.69) is 43.8 Å². The van der Waals surface area contributed by atoms with E-state index in [1.807, 2.05) is 42.7 Å². The van der Waals surface area contributed by atoms with Crippen LogP contribution in [0.2, 0.25) is 0 Å². The van der Waals surface area contributed by atoms with Crippen molar-refractivity contribution in [2.45, 2.75) is 76.0 Å². The number of hydrogen-bond donors (Lipinski definition) is 2. The molecule has 2 saturated carbocycles. The standard InChI is InChI=1S/C28H34N6O2/c1-19(18-36-24-8-3-2-4-9-24)31-28-29-16-27-25(21-15-30-33(17-21)22-6-5-7-22)14-26(34(27)32-28)20-10-12-23(35)13-11-20/h2-4,8-9,14-17,19-20,22-23,35H,5-7,10-13,18H2,1H3,(H,31,32). The molecule has 6 rings (SSSR count). The number of nitrogens with zero attached hydrogens (tertiary/aromatic N) is 5. The Hall–Kier alpha value is -3.39. The SMILES string of the molecule is CC(COc1ccccc1)Nc1ncc2c(-c3cnn(C4CCC4)c3)cc(C3CCC(O)CC3)n2n1. The summed E-state index contributed by atoms with van der Waals surface area (Å²) in [5, 5.41) is 23.1. The van der Waals surface area contributed by atoms with Gasteiger partial charge in [-0.2, -0.15) is 5.10 Å². The Labute approximate surface area is 211 Å². The molecular formula is C28H34N6O2. The number of ether oxygens (including phenoxy) is 1. The summed E-state index contributed by atoms with van der Waals surface area (Å²) >= 11 is 0. The molecule has 1 aromatic carbocycles. The predicted octanol–water partition coefficient (Wildman–Crippen LogP) is 5.22. The summed E-state index contributed by atoms with van der Waals surface area (Å²) in [6.45, 7) is 2.58. The third-order valence-electron chi connectivity index (χ3n) is 7.64. The van der Waals surface area contributed by atoms with Gasteiger partial charge in [-0.1, -0.05) is 18.2 Å². The average Bonchev–Trinajstić information content (AvgIpc) is 3.48. The smallest absolute Gasteiger partial charge is 0.241 e. The van der Waals surface area contributed by atoms with Crippen molar-refractivity contribution in [3.63, 3.8) is 0 Å². The lowest BCUT2D eigenvalue weighted by Crippen LogP contribution is -2.25. The zero-order valence-electron chi connectivity index (χ0n) is 20.8. The Bertz CT molecular complexity index is 1300. The van der Waals surface area contributed by atoms with Gasteiger partial charge in [-0.15, -0.1) is 5.10 Å². The van der Waals surface area contributed by atoms with Gasteiger partial charge in [0.25, 0.3) is 0 Å². The number of para-hydroxylation sites is 1. The second-order valence-electron chi connectivity index (χ2n) is 10.3. The highest BCUT2D eigenvalue weighted by molar-refractivity contribution is 5.81. The maximum atomic E-state index is 10.1. The largest absolute Gasteiger partial charge is 0.491 e. The van der Waals surface area contributed by atoms with Gasteiger partial charge in [0.05, 0.1) is 36.1 Å². The number of benzene rings is 1. The van der Waals surface area contributed by atoms with E-state index in [0.29, 0.717) is 24.5 Å². The van der Waals surface area contributed by atoms with Gasteiger partial charge in [0.1, 0.15) is 12.4 Å². The van der Waals surface area contributed by atoms with Gasteiger partial charge >= 0.3 is 0 Å². The number of aromatic nitrogens is 5. The first-order valence-electron chi connectivity index (χ1n) is 13.2. The van der Waals surface area contributed by atoms with E-state index in [1.165, 1.54) is 25.0 Å². The monoisotopic (exact) mass is 486 g/mol. The van der Waals surface area contributed by atoms with Gasteiger partial charge in [0, 0.05) is 28.9 Å². The van der Waals surface area contributed by atoms with Crippen molar-refractivity contribution in [2.75, 3.05) is 11.9 Å². The van der Waals surface area contributed by atoms with Crippen LogP contribution in [0.1, 0.15) is 69.5 Å². The molecule has 0 saturated heterocycles. The van der Waals surface area contributed by atoms with Crippen molar-refractivity contribution in [3.8, 4) is 16.9 Å². The van der Waals surface area contributed by atoms with E-state index in [1.54, 1.807) is 0 Å². The molecule has 0 radical (unpaired) electrons. The molecule has 0 bridgehead atoms. The van der Waals surface area contributed by atoms with Gasteiger partial charge in [0.2, 0.25) is 5.95 Å². The van der Waals surface area contributed by atoms with Crippen LogP contribution in [-0.4, -0.2) is 48.2 Å². The fourth-order valence-electron chi connectivity index (χ4n) is 5.30. The quantitative estimate of drug-likeness (QED) is 0.355. The lowest BCUT2D eigenvalue weighted by Gasteiger charge is -2.25. The summed E-state index contributed by atoms with van der Waals surface area (Å²) in [6.07, 6.45) is 13.1. The van der Waals surface area contributed by atoms with Crippen LogP contribution in [0.25, 0.3) is 16.6 Å². The highest BCUT2D eigenvalue weighted by atomic mass is 16.5. The summed E-state index contributed by atoms with van der Waals surface area (Å²) in [4.78, 5) is 4.66. The summed E-state index contributed by atoms with van der Waals surface area (Å²) in [5.41, 5.74) is 4.40. The van der Waals surface area contributed by atoms with Crippen molar-refractivity contribution in [1.82, 2.24) is 24.4 Å². The predicted molar refractivity (Wildman–Crippen MR) is 139 cm³/mol. The van der Waals surface area contributed by atoms with Crippen molar-refractivity contribution in [1.29, 1.82) is 0 Å². The Morgan fingerprint density at radius 3 is 2.64 bits per heavy atom. The lowest BCUT2D eigenvalue weighted by atomic mass is 9.85. The minimum absolute atomic E-state index is 0.0340. The summed E-state index contributed by atoms with van der Waals surface area (Å²) in [5.74, 6) is 1.79. The molecule has 0 amide bonds. The molecule has 1 atom stereocenters. The number of rotatable bonds is 8. The van der Waals surface area contributed by atoms with Crippen LogP contribution >= 0.6 is 0 Å². The van der Waals surface area contributed by atoms with E-state index < -0.39 is 0 Å². The van der Waals surface area contributed by atoms with Crippen LogP contribution in [0, 0.1) is 0 Å². The molecule has 2 aliphatic rings. The molecule has 1 unspecified atom stereocenters. The molecule has 3 aromatic heterocycles. The molecule has 36 heavy (non-hydrogen) atoms. The number of aliphatic hydroxyl groups excluding tert-OH is 1. The fourth-order valence-corrected chi connectivity index (χ4v) is 5.30. The molecule has 8 nitrogen and oxygen atoms in total. The first-order chi connectivity index (χ1) is 17.6. The van der Waals surface area contributed by atoms with Gasteiger partial charge in [-0.25, -0.2) is 9.50 Å². The molecule has 2 aliphatic carbocycles. The van der Waals surface area contributed by atoms with Crippen LogP contribution in [-0.2, 0) is 0 Å². The van der Waals surface area contributed by atoms with Crippen LogP contribution in [0.15, 0.2) is 55.0 Å². The van der Waals surface area contributed by atoms with Crippen molar-refractivity contribution in [2.24, 2.45) is 0 Å². The lowest BCUT2D eigenvalue weighted by molar-refractivity contribution is 0.121. The van der Waals surface area contributed by atoms with E-state index >= 15 is 0 Å². The van der Waals surface area contributed by atoms with Crippen LogP contribution in [0.5, 0.6) is 5.75 Å². The second kappa shape index (κ2) is 9.93. The third kappa shape index (κ3) is 4.69. The van der Waals surface area contributed by atoms with Crippen LogP contribution < -0.4 is 10.1 Å². The highest BCUT2D eigenvalue weighted by Crippen LogP contribution is 2.38. The molecule has 3 heterocycles. The highest BCUT2D eigenvalue weighted by Gasteiger charge is 2.27. The van der Waals surface area contributed by atoms with Crippen LogP contribution in [0.4, 0.5) is 5.95 Å².